The zero-order valence-corrected chi connectivity index (χ0v) is 20.2. The minimum absolute atomic E-state index is 0.0953. The Balaban J connectivity index is 1.36. The molecule has 4 aromatic rings. The van der Waals surface area contributed by atoms with E-state index in [0.717, 1.165) is 33.6 Å². The first-order valence-corrected chi connectivity index (χ1v) is 11.5. The van der Waals surface area contributed by atoms with Gasteiger partial charge in [-0.15, -0.1) is 0 Å². The Morgan fingerprint density at radius 1 is 1.00 bits per heavy atom. The van der Waals surface area contributed by atoms with E-state index in [2.05, 4.69) is 20.9 Å². The van der Waals surface area contributed by atoms with Crippen molar-refractivity contribution in [1.29, 1.82) is 0 Å². The van der Waals surface area contributed by atoms with Crippen LogP contribution in [0.3, 0.4) is 0 Å². The third kappa shape index (κ3) is 4.74. The summed E-state index contributed by atoms with van der Waals surface area (Å²) in [5, 5.41) is 9.04. The van der Waals surface area contributed by atoms with E-state index in [0.29, 0.717) is 28.6 Å². The molecule has 0 saturated carbocycles. The number of anilines is 4. The Morgan fingerprint density at radius 2 is 1.75 bits per heavy atom. The molecular weight excluding hydrogens is 454 g/mol. The maximum atomic E-state index is 12.8. The number of ether oxygens (including phenoxy) is 1. The number of nitrogens with zero attached hydrogens (tertiary/aromatic N) is 2. The Labute approximate surface area is 208 Å². The van der Waals surface area contributed by atoms with Gasteiger partial charge in [-0.05, 0) is 67.4 Å². The molecule has 0 radical (unpaired) electrons. The van der Waals surface area contributed by atoms with Gasteiger partial charge in [-0.2, -0.15) is 0 Å². The van der Waals surface area contributed by atoms with Crippen LogP contribution in [0.15, 0.2) is 66.9 Å². The molecular formula is C28H25N5O3. The second kappa shape index (κ2) is 9.50. The van der Waals surface area contributed by atoms with Gasteiger partial charge < -0.3 is 20.7 Å². The molecule has 2 amide bonds. The number of amides is 2. The molecule has 3 aromatic carbocycles. The fourth-order valence-corrected chi connectivity index (χ4v) is 4.11. The van der Waals surface area contributed by atoms with Gasteiger partial charge in [0.15, 0.2) is 0 Å². The minimum Gasteiger partial charge on any atom is -0.495 e. The number of hydrogen-bond donors (Lipinski definition) is 3. The standard InChI is InChI=1S/C28H25N5O3/c1-16-4-10-21-22(12-16)31-25(34)14-19-15-29-28(33-26(19)21)30-20-8-6-18(7-9-20)27(35)32-23-13-17(2)5-11-24(23)36-3/h4-13,15H,14H2,1-3H3,(H,31,34)(H,32,35)(H,29,30,33). The average molecular weight is 480 g/mol. The number of methoxy groups -OCH3 is 1. The van der Waals surface area contributed by atoms with Crippen LogP contribution in [0.4, 0.5) is 23.0 Å². The number of carbonyl (C=O) groups excluding carboxylic acids is 2. The van der Waals surface area contributed by atoms with Crippen molar-refractivity contribution >= 4 is 34.8 Å². The molecule has 36 heavy (non-hydrogen) atoms. The molecule has 1 aromatic heterocycles. The van der Waals surface area contributed by atoms with E-state index in [1.54, 1.807) is 37.6 Å². The maximum absolute atomic E-state index is 12.8. The Kier molecular flexibility index (Phi) is 6.08. The van der Waals surface area contributed by atoms with Gasteiger partial charge in [0, 0.05) is 28.6 Å². The van der Waals surface area contributed by atoms with Gasteiger partial charge in [-0.1, -0.05) is 18.2 Å². The van der Waals surface area contributed by atoms with Crippen molar-refractivity contribution in [3.63, 3.8) is 0 Å². The highest BCUT2D eigenvalue weighted by molar-refractivity contribution is 6.05. The number of aryl methyl sites for hydroxylation is 2. The number of aromatic nitrogens is 2. The van der Waals surface area contributed by atoms with Gasteiger partial charge in [-0.25, -0.2) is 9.97 Å². The van der Waals surface area contributed by atoms with Crippen molar-refractivity contribution in [3.05, 3.63) is 89.1 Å². The first-order valence-electron chi connectivity index (χ1n) is 11.5. The lowest BCUT2D eigenvalue weighted by atomic mass is 10.0. The molecule has 5 rings (SSSR count). The van der Waals surface area contributed by atoms with Crippen LogP contribution < -0.4 is 20.7 Å². The molecule has 3 N–H and O–H groups in total. The Morgan fingerprint density at radius 3 is 2.53 bits per heavy atom. The van der Waals surface area contributed by atoms with Crippen molar-refractivity contribution in [3.8, 4) is 17.0 Å². The molecule has 0 atom stereocenters. The van der Waals surface area contributed by atoms with Crippen molar-refractivity contribution in [1.82, 2.24) is 9.97 Å². The topological polar surface area (TPSA) is 105 Å². The highest BCUT2D eigenvalue weighted by Crippen LogP contribution is 2.34. The van der Waals surface area contributed by atoms with Crippen LogP contribution in [0.1, 0.15) is 27.0 Å². The number of nitrogens with one attached hydrogen (secondary N) is 3. The van der Waals surface area contributed by atoms with E-state index >= 15 is 0 Å². The Bertz CT molecular complexity index is 1480. The normalized spacial score (nSPS) is 12.0. The summed E-state index contributed by atoms with van der Waals surface area (Å²) in [6.45, 7) is 3.93. The lowest BCUT2D eigenvalue weighted by Crippen LogP contribution is -2.13. The maximum Gasteiger partial charge on any atom is 0.255 e. The van der Waals surface area contributed by atoms with Crippen LogP contribution in [0.2, 0.25) is 0 Å². The number of benzene rings is 3. The molecule has 1 aliphatic rings. The summed E-state index contributed by atoms with van der Waals surface area (Å²) < 4.78 is 5.34. The summed E-state index contributed by atoms with van der Waals surface area (Å²) in [5.74, 6) is 0.662. The van der Waals surface area contributed by atoms with Crippen LogP contribution >= 0.6 is 0 Å². The van der Waals surface area contributed by atoms with Crippen LogP contribution in [0.25, 0.3) is 11.3 Å². The number of rotatable bonds is 5. The molecule has 0 aliphatic carbocycles. The third-order valence-electron chi connectivity index (χ3n) is 5.93. The Hall–Kier alpha value is -4.72. The molecule has 2 heterocycles. The molecule has 0 unspecified atom stereocenters. The molecule has 0 spiro atoms. The predicted molar refractivity (Wildman–Crippen MR) is 140 cm³/mol. The molecule has 8 heteroatoms. The summed E-state index contributed by atoms with van der Waals surface area (Å²) in [6, 6.07) is 18.5. The van der Waals surface area contributed by atoms with Gasteiger partial charge >= 0.3 is 0 Å². The monoisotopic (exact) mass is 479 g/mol. The second-order valence-electron chi connectivity index (χ2n) is 8.70. The number of fused-ring (bicyclic) bond motifs is 3. The van der Waals surface area contributed by atoms with Crippen molar-refractivity contribution in [2.45, 2.75) is 20.3 Å². The van der Waals surface area contributed by atoms with Crippen LogP contribution in [0, 0.1) is 13.8 Å². The predicted octanol–water partition coefficient (Wildman–Crippen LogP) is 5.26. The van der Waals surface area contributed by atoms with Crippen LogP contribution in [-0.4, -0.2) is 28.9 Å². The van der Waals surface area contributed by atoms with Gasteiger partial charge in [0.1, 0.15) is 5.75 Å². The van der Waals surface area contributed by atoms with E-state index in [4.69, 9.17) is 9.72 Å². The number of hydrogen-bond acceptors (Lipinski definition) is 6. The van der Waals surface area contributed by atoms with Gasteiger partial charge in [-0.3, -0.25) is 9.59 Å². The van der Waals surface area contributed by atoms with Gasteiger partial charge in [0.2, 0.25) is 11.9 Å². The zero-order chi connectivity index (χ0) is 25.2. The summed E-state index contributed by atoms with van der Waals surface area (Å²) in [4.78, 5) is 34.2. The van der Waals surface area contributed by atoms with E-state index in [1.165, 1.54) is 0 Å². The van der Waals surface area contributed by atoms with Gasteiger partial charge in [0.25, 0.3) is 5.91 Å². The molecule has 0 saturated heterocycles. The van der Waals surface area contributed by atoms with E-state index in [-0.39, 0.29) is 18.2 Å². The smallest absolute Gasteiger partial charge is 0.255 e. The summed E-state index contributed by atoms with van der Waals surface area (Å²) in [7, 11) is 1.57. The molecule has 8 nitrogen and oxygen atoms in total. The van der Waals surface area contributed by atoms with E-state index < -0.39 is 0 Å². The fraction of sp³-hybridized carbons (Fsp3) is 0.143. The first kappa shape index (κ1) is 23.0. The van der Waals surface area contributed by atoms with Gasteiger partial charge in [0.05, 0.1) is 30.6 Å². The third-order valence-corrected chi connectivity index (χ3v) is 5.93. The molecule has 180 valence electrons. The van der Waals surface area contributed by atoms with E-state index in [9.17, 15) is 9.59 Å². The summed E-state index contributed by atoms with van der Waals surface area (Å²) >= 11 is 0. The van der Waals surface area contributed by atoms with Crippen molar-refractivity contribution < 1.29 is 14.3 Å². The SMILES string of the molecule is COc1ccc(C)cc1NC(=O)c1ccc(Nc2ncc3c(n2)-c2ccc(C)cc2NC(=O)C3)cc1. The average Bonchev–Trinajstić information content (AvgIpc) is 2.99. The largest absolute Gasteiger partial charge is 0.495 e. The second-order valence-corrected chi connectivity index (χ2v) is 8.70. The van der Waals surface area contributed by atoms with Crippen molar-refractivity contribution in [2.75, 3.05) is 23.1 Å². The fourth-order valence-electron chi connectivity index (χ4n) is 4.11. The molecule has 0 fully saturated rings. The van der Waals surface area contributed by atoms with E-state index in [1.807, 2.05) is 50.2 Å². The van der Waals surface area contributed by atoms with Crippen LogP contribution in [0.5, 0.6) is 5.75 Å². The quantitative estimate of drug-likeness (QED) is 0.361. The summed E-state index contributed by atoms with van der Waals surface area (Å²) in [6.07, 6.45) is 1.88. The highest BCUT2D eigenvalue weighted by Gasteiger charge is 2.21. The lowest BCUT2D eigenvalue weighted by molar-refractivity contribution is -0.115. The van der Waals surface area contributed by atoms with Crippen LogP contribution in [-0.2, 0) is 11.2 Å². The first-order chi connectivity index (χ1) is 17.4. The zero-order valence-electron chi connectivity index (χ0n) is 20.2. The lowest BCUT2D eigenvalue weighted by Gasteiger charge is -2.12. The highest BCUT2D eigenvalue weighted by atomic mass is 16.5. The molecule has 1 aliphatic heterocycles. The van der Waals surface area contributed by atoms with Crippen molar-refractivity contribution in [2.24, 2.45) is 0 Å². The minimum atomic E-state index is -0.240. The molecule has 0 bridgehead atoms. The number of carbonyl (C=O) groups is 2. The summed E-state index contributed by atoms with van der Waals surface area (Å²) in [5.41, 5.74) is 6.98.